The molecule has 0 atom stereocenters. The van der Waals surface area contributed by atoms with Crippen molar-refractivity contribution < 1.29 is 13.2 Å². The first-order chi connectivity index (χ1) is 15.3. The number of carbonyl (C=O) groups is 1. The van der Waals surface area contributed by atoms with Gasteiger partial charge in [0.1, 0.15) is 0 Å². The first-order valence-corrected chi connectivity index (χ1v) is 11.7. The summed E-state index contributed by atoms with van der Waals surface area (Å²) in [6.07, 6.45) is -0.0515. The van der Waals surface area contributed by atoms with Gasteiger partial charge in [-0.15, -0.1) is 0 Å². The SMILES string of the molecule is CN1CCN(S(=O)(=O)c2cccc(NC(=O)Cc3nn(C)c(=O)c4ccccc34)c2)CC1. The minimum atomic E-state index is -3.64. The zero-order chi connectivity index (χ0) is 22.9. The van der Waals surface area contributed by atoms with Crippen LogP contribution in [0.4, 0.5) is 5.69 Å². The maximum atomic E-state index is 13.0. The Balaban J connectivity index is 1.54. The van der Waals surface area contributed by atoms with Gasteiger partial charge in [-0.3, -0.25) is 9.59 Å². The molecule has 168 valence electrons. The standard InChI is InChI=1S/C22H25N5O4S/c1-25-10-12-27(13-11-25)32(30,31)17-7-5-6-16(14-17)23-21(28)15-20-18-8-3-4-9-19(18)22(29)26(2)24-20/h3-9,14H,10-13,15H2,1-2H3,(H,23,28). The molecule has 10 heteroatoms. The molecule has 32 heavy (non-hydrogen) atoms. The normalized spacial score (nSPS) is 15.7. The number of aryl methyl sites for hydroxylation is 1. The molecule has 2 heterocycles. The predicted octanol–water partition coefficient (Wildman–Crippen LogP) is 1.05. The van der Waals surface area contributed by atoms with Crippen molar-refractivity contribution in [1.29, 1.82) is 0 Å². The van der Waals surface area contributed by atoms with E-state index in [1.165, 1.54) is 21.1 Å². The molecule has 0 aliphatic carbocycles. The number of benzene rings is 2. The summed E-state index contributed by atoms with van der Waals surface area (Å²) in [6.45, 7) is 2.22. The van der Waals surface area contributed by atoms with Crippen LogP contribution in [0.3, 0.4) is 0 Å². The fourth-order valence-electron chi connectivity index (χ4n) is 3.78. The number of rotatable bonds is 5. The van der Waals surface area contributed by atoms with Gasteiger partial charge in [0.2, 0.25) is 15.9 Å². The summed E-state index contributed by atoms with van der Waals surface area (Å²) in [6, 6.07) is 13.3. The molecule has 0 spiro atoms. The summed E-state index contributed by atoms with van der Waals surface area (Å²) in [5, 5.41) is 8.11. The van der Waals surface area contributed by atoms with Gasteiger partial charge in [-0.25, -0.2) is 13.1 Å². The van der Waals surface area contributed by atoms with Crippen molar-refractivity contribution in [2.75, 3.05) is 38.5 Å². The van der Waals surface area contributed by atoms with E-state index in [9.17, 15) is 18.0 Å². The molecule has 1 N–H and O–H groups in total. The Morgan fingerprint density at radius 1 is 1.00 bits per heavy atom. The van der Waals surface area contributed by atoms with Gasteiger partial charge < -0.3 is 10.2 Å². The highest BCUT2D eigenvalue weighted by Gasteiger charge is 2.27. The van der Waals surface area contributed by atoms with Crippen molar-refractivity contribution in [3.05, 3.63) is 64.6 Å². The van der Waals surface area contributed by atoms with Gasteiger partial charge in [-0.05, 0) is 31.3 Å². The number of nitrogens with one attached hydrogen (secondary N) is 1. The van der Waals surface area contributed by atoms with E-state index < -0.39 is 10.0 Å². The summed E-state index contributed by atoms with van der Waals surface area (Å²) >= 11 is 0. The van der Waals surface area contributed by atoms with Gasteiger partial charge in [0.25, 0.3) is 5.56 Å². The second kappa shape index (κ2) is 8.81. The maximum Gasteiger partial charge on any atom is 0.274 e. The maximum absolute atomic E-state index is 13.0. The van der Waals surface area contributed by atoms with Crippen LogP contribution in [-0.4, -0.2) is 66.5 Å². The van der Waals surface area contributed by atoms with E-state index in [2.05, 4.69) is 15.3 Å². The first-order valence-electron chi connectivity index (χ1n) is 10.3. The number of nitrogens with zero attached hydrogens (tertiary/aromatic N) is 4. The molecule has 1 aromatic heterocycles. The Morgan fingerprint density at radius 3 is 2.41 bits per heavy atom. The van der Waals surface area contributed by atoms with Crippen LogP contribution in [0.25, 0.3) is 10.8 Å². The predicted molar refractivity (Wildman–Crippen MR) is 122 cm³/mol. The third kappa shape index (κ3) is 4.43. The zero-order valence-corrected chi connectivity index (χ0v) is 18.8. The van der Waals surface area contributed by atoms with E-state index in [4.69, 9.17) is 0 Å². The summed E-state index contributed by atoms with van der Waals surface area (Å²) in [7, 11) is -0.131. The molecule has 0 bridgehead atoms. The Hall–Kier alpha value is -3.08. The number of amides is 1. The molecule has 1 fully saturated rings. The summed E-state index contributed by atoms with van der Waals surface area (Å²) < 4.78 is 28.7. The quantitative estimate of drug-likeness (QED) is 0.617. The summed E-state index contributed by atoms with van der Waals surface area (Å²) in [5.74, 6) is -0.351. The monoisotopic (exact) mass is 455 g/mol. The molecule has 4 rings (SSSR count). The molecule has 1 amide bonds. The highest BCUT2D eigenvalue weighted by molar-refractivity contribution is 7.89. The van der Waals surface area contributed by atoms with Crippen molar-refractivity contribution in [1.82, 2.24) is 19.0 Å². The van der Waals surface area contributed by atoms with Crippen molar-refractivity contribution in [2.45, 2.75) is 11.3 Å². The molecule has 1 aliphatic heterocycles. The summed E-state index contributed by atoms with van der Waals surface area (Å²) in [4.78, 5) is 27.2. The molecule has 1 saturated heterocycles. The van der Waals surface area contributed by atoms with E-state index in [1.54, 1.807) is 43.4 Å². The minimum absolute atomic E-state index is 0.0515. The largest absolute Gasteiger partial charge is 0.326 e. The molecule has 2 aromatic carbocycles. The van der Waals surface area contributed by atoms with E-state index in [1.807, 2.05) is 7.05 Å². The summed E-state index contributed by atoms with van der Waals surface area (Å²) in [5.41, 5.74) is 0.632. The molecule has 0 saturated carbocycles. The Bertz CT molecular complexity index is 1330. The Kier molecular flexibility index (Phi) is 6.09. The van der Waals surface area contributed by atoms with Crippen LogP contribution >= 0.6 is 0 Å². The van der Waals surface area contributed by atoms with Gasteiger partial charge in [-0.1, -0.05) is 24.3 Å². The van der Waals surface area contributed by atoms with E-state index in [-0.39, 0.29) is 22.8 Å². The fraction of sp³-hybridized carbons (Fsp3) is 0.318. The number of fused-ring (bicyclic) bond motifs is 1. The van der Waals surface area contributed by atoms with Gasteiger partial charge in [0, 0.05) is 44.3 Å². The van der Waals surface area contributed by atoms with Gasteiger partial charge in [0.05, 0.1) is 22.4 Å². The number of aromatic nitrogens is 2. The lowest BCUT2D eigenvalue weighted by Gasteiger charge is -2.31. The highest BCUT2D eigenvalue weighted by Crippen LogP contribution is 2.21. The lowest BCUT2D eigenvalue weighted by Crippen LogP contribution is -2.47. The van der Waals surface area contributed by atoms with Crippen LogP contribution in [0.1, 0.15) is 5.69 Å². The van der Waals surface area contributed by atoms with E-state index in [0.29, 0.717) is 48.3 Å². The van der Waals surface area contributed by atoms with Crippen LogP contribution in [0.5, 0.6) is 0 Å². The Morgan fingerprint density at radius 2 is 1.69 bits per heavy atom. The number of likely N-dealkylation sites (N-methyl/N-ethyl adjacent to an activating group) is 1. The minimum Gasteiger partial charge on any atom is -0.326 e. The van der Waals surface area contributed by atoms with Gasteiger partial charge in [0.15, 0.2) is 0 Å². The average Bonchev–Trinajstić information content (AvgIpc) is 2.78. The zero-order valence-electron chi connectivity index (χ0n) is 18.0. The second-order valence-corrected chi connectivity index (χ2v) is 9.82. The molecule has 3 aromatic rings. The Labute approximate surface area is 186 Å². The van der Waals surface area contributed by atoms with Gasteiger partial charge >= 0.3 is 0 Å². The smallest absolute Gasteiger partial charge is 0.274 e. The molecule has 0 radical (unpaired) electrons. The van der Waals surface area contributed by atoms with Crippen LogP contribution in [0.2, 0.25) is 0 Å². The van der Waals surface area contributed by atoms with Gasteiger partial charge in [-0.2, -0.15) is 9.40 Å². The van der Waals surface area contributed by atoms with E-state index >= 15 is 0 Å². The lowest BCUT2D eigenvalue weighted by molar-refractivity contribution is -0.115. The number of sulfonamides is 1. The molecule has 1 aliphatic rings. The fourth-order valence-corrected chi connectivity index (χ4v) is 5.24. The molecular formula is C22H25N5O4S. The lowest BCUT2D eigenvalue weighted by atomic mass is 10.1. The molecule has 0 unspecified atom stereocenters. The van der Waals surface area contributed by atoms with Crippen LogP contribution in [0.15, 0.2) is 58.2 Å². The van der Waals surface area contributed by atoms with Crippen molar-refractivity contribution in [3.63, 3.8) is 0 Å². The topological polar surface area (TPSA) is 105 Å². The van der Waals surface area contributed by atoms with Crippen LogP contribution in [-0.2, 0) is 28.3 Å². The van der Waals surface area contributed by atoms with Crippen molar-refractivity contribution in [2.24, 2.45) is 7.05 Å². The number of anilines is 1. The average molecular weight is 456 g/mol. The number of hydrogen-bond acceptors (Lipinski definition) is 6. The van der Waals surface area contributed by atoms with E-state index in [0.717, 1.165) is 0 Å². The number of piperazine rings is 1. The third-order valence-electron chi connectivity index (χ3n) is 5.58. The van der Waals surface area contributed by atoms with Crippen molar-refractivity contribution >= 4 is 32.4 Å². The third-order valence-corrected chi connectivity index (χ3v) is 7.47. The van der Waals surface area contributed by atoms with Crippen LogP contribution in [0, 0.1) is 0 Å². The number of hydrogen-bond donors (Lipinski definition) is 1. The second-order valence-electron chi connectivity index (χ2n) is 7.88. The molecule has 9 nitrogen and oxygen atoms in total. The van der Waals surface area contributed by atoms with Crippen LogP contribution < -0.4 is 10.9 Å². The highest BCUT2D eigenvalue weighted by atomic mass is 32.2. The first kappa shape index (κ1) is 22.1. The van der Waals surface area contributed by atoms with Crippen molar-refractivity contribution in [3.8, 4) is 0 Å². The number of carbonyl (C=O) groups excluding carboxylic acids is 1. The molecular weight excluding hydrogens is 430 g/mol.